The van der Waals surface area contributed by atoms with Gasteiger partial charge in [-0.05, 0) is 38.0 Å². The van der Waals surface area contributed by atoms with E-state index >= 15 is 0 Å². The van der Waals surface area contributed by atoms with E-state index < -0.39 is 9.84 Å². The summed E-state index contributed by atoms with van der Waals surface area (Å²) < 4.78 is 23.0. The van der Waals surface area contributed by atoms with Gasteiger partial charge in [-0.15, -0.1) is 24.0 Å². The number of sulfone groups is 1. The van der Waals surface area contributed by atoms with Crippen molar-refractivity contribution in [2.24, 2.45) is 16.8 Å². The number of hydrogen-bond acceptors (Lipinski definition) is 3. The van der Waals surface area contributed by atoms with Gasteiger partial charge in [0.2, 0.25) is 0 Å². The minimum atomic E-state index is -2.84. The third-order valence-electron chi connectivity index (χ3n) is 4.47. The molecule has 0 aromatic carbocycles. The Labute approximate surface area is 152 Å². The number of aliphatic imine (C=N–C) groups is 1. The highest BCUT2D eigenvalue weighted by atomic mass is 127. The summed E-state index contributed by atoms with van der Waals surface area (Å²) in [5.41, 5.74) is 0. The van der Waals surface area contributed by atoms with E-state index in [1.54, 1.807) is 0 Å². The van der Waals surface area contributed by atoms with Gasteiger partial charge in [-0.1, -0.05) is 19.8 Å². The monoisotopic (exact) mass is 443 g/mol. The predicted octanol–water partition coefficient (Wildman–Crippen LogP) is 2.17. The molecule has 1 saturated heterocycles. The lowest BCUT2D eigenvalue weighted by Gasteiger charge is -2.25. The van der Waals surface area contributed by atoms with Crippen molar-refractivity contribution >= 4 is 39.8 Å². The molecular weight excluding hydrogens is 413 g/mol. The van der Waals surface area contributed by atoms with Crippen LogP contribution in [0.4, 0.5) is 0 Å². The molecule has 1 heterocycles. The molecule has 130 valence electrons. The third-order valence-corrected chi connectivity index (χ3v) is 6.24. The molecule has 0 spiro atoms. The Morgan fingerprint density at radius 2 is 2.05 bits per heavy atom. The predicted molar refractivity (Wildman–Crippen MR) is 103 cm³/mol. The van der Waals surface area contributed by atoms with E-state index in [2.05, 4.69) is 22.5 Å². The van der Waals surface area contributed by atoms with Gasteiger partial charge >= 0.3 is 0 Å². The quantitative estimate of drug-likeness (QED) is 0.397. The molecule has 0 aromatic rings. The van der Waals surface area contributed by atoms with Crippen LogP contribution in [0, 0.1) is 11.8 Å². The molecule has 1 saturated carbocycles. The first-order chi connectivity index (χ1) is 9.98. The number of guanidine groups is 1. The zero-order valence-corrected chi connectivity index (χ0v) is 16.8. The Bertz CT molecular complexity index is 467. The molecule has 1 aliphatic carbocycles. The van der Waals surface area contributed by atoms with Crippen LogP contribution in [0.1, 0.15) is 46.0 Å². The van der Waals surface area contributed by atoms with Crippen molar-refractivity contribution < 1.29 is 8.42 Å². The first-order valence-corrected chi connectivity index (χ1v) is 10.1. The van der Waals surface area contributed by atoms with Crippen LogP contribution < -0.4 is 10.6 Å². The summed E-state index contributed by atoms with van der Waals surface area (Å²) in [6.07, 6.45) is 5.88. The van der Waals surface area contributed by atoms with Gasteiger partial charge in [0.15, 0.2) is 15.8 Å². The Kier molecular flexibility index (Phi) is 8.45. The fourth-order valence-electron chi connectivity index (χ4n) is 3.37. The van der Waals surface area contributed by atoms with Crippen LogP contribution in [0.3, 0.4) is 0 Å². The highest BCUT2D eigenvalue weighted by molar-refractivity contribution is 14.0. The van der Waals surface area contributed by atoms with E-state index in [-0.39, 0.29) is 35.8 Å². The van der Waals surface area contributed by atoms with Gasteiger partial charge in [0.25, 0.3) is 0 Å². The van der Waals surface area contributed by atoms with Crippen molar-refractivity contribution in [2.45, 2.75) is 52.0 Å². The van der Waals surface area contributed by atoms with Gasteiger partial charge in [-0.3, -0.25) is 4.99 Å². The molecule has 1 aliphatic heterocycles. The normalized spacial score (nSPS) is 31.4. The van der Waals surface area contributed by atoms with E-state index in [9.17, 15) is 8.42 Å². The smallest absolute Gasteiger partial charge is 0.191 e. The number of halogens is 1. The molecule has 2 N–H and O–H groups in total. The molecule has 0 amide bonds. The number of rotatable bonds is 4. The largest absolute Gasteiger partial charge is 0.357 e. The van der Waals surface area contributed by atoms with Crippen LogP contribution in [-0.2, 0) is 9.84 Å². The highest BCUT2D eigenvalue weighted by Gasteiger charge is 2.28. The fraction of sp³-hybridized carbons (Fsp3) is 0.933. The second kappa shape index (κ2) is 9.30. The molecule has 0 bridgehead atoms. The summed E-state index contributed by atoms with van der Waals surface area (Å²) >= 11 is 0. The first kappa shape index (κ1) is 20.0. The number of nitrogens with zero attached hydrogens (tertiary/aromatic N) is 1. The zero-order chi connectivity index (χ0) is 15.3. The van der Waals surface area contributed by atoms with Crippen molar-refractivity contribution in [3.8, 4) is 0 Å². The lowest BCUT2D eigenvalue weighted by atomic mass is 9.82. The highest BCUT2D eigenvalue weighted by Crippen LogP contribution is 2.28. The van der Waals surface area contributed by atoms with E-state index in [0.29, 0.717) is 18.1 Å². The molecule has 0 aromatic heterocycles. The van der Waals surface area contributed by atoms with Gasteiger partial charge in [0, 0.05) is 19.1 Å². The van der Waals surface area contributed by atoms with Crippen molar-refractivity contribution in [3.63, 3.8) is 0 Å². The van der Waals surface area contributed by atoms with Crippen molar-refractivity contribution in [1.82, 2.24) is 10.6 Å². The average Bonchev–Trinajstić information content (AvgIpc) is 2.76. The van der Waals surface area contributed by atoms with E-state index in [4.69, 9.17) is 0 Å². The van der Waals surface area contributed by atoms with E-state index in [1.165, 1.54) is 25.7 Å². The molecule has 7 heteroatoms. The number of nitrogens with one attached hydrogen (secondary N) is 2. The molecule has 0 radical (unpaired) electrons. The molecule has 5 nitrogen and oxygen atoms in total. The molecule has 2 fully saturated rings. The Hall–Kier alpha value is -0.0500. The van der Waals surface area contributed by atoms with Crippen LogP contribution in [0.5, 0.6) is 0 Å². The standard InChI is InChI=1S/C15H29N3O2S.HI/c1-3-16-15(18-14-7-8-21(19,20)11-14)17-10-13-6-4-5-12(2)9-13;/h12-14H,3-11H2,1-2H3,(H2,16,17,18);1H. The first-order valence-electron chi connectivity index (χ1n) is 8.23. The summed E-state index contributed by atoms with van der Waals surface area (Å²) in [5.74, 6) is 2.80. The van der Waals surface area contributed by atoms with Crippen molar-refractivity contribution in [3.05, 3.63) is 0 Å². The topological polar surface area (TPSA) is 70.6 Å². The zero-order valence-electron chi connectivity index (χ0n) is 13.7. The summed E-state index contributed by atoms with van der Waals surface area (Å²) in [7, 11) is -2.84. The van der Waals surface area contributed by atoms with Gasteiger partial charge in [-0.25, -0.2) is 8.42 Å². The molecule has 3 atom stereocenters. The Morgan fingerprint density at radius 3 is 2.64 bits per heavy atom. The van der Waals surface area contributed by atoms with Crippen LogP contribution >= 0.6 is 24.0 Å². The second-order valence-corrected chi connectivity index (χ2v) is 8.83. The van der Waals surface area contributed by atoms with Crippen LogP contribution in [0.25, 0.3) is 0 Å². The lowest BCUT2D eigenvalue weighted by molar-refractivity contribution is 0.289. The Morgan fingerprint density at radius 1 is 1.27 bits per heavy atom. The van der Waals surface area contributed by atoms with E-state index in [0.717, 1.165) is 25.0 Å². The summed E-state index contributed by atoms with van der Waals surface area (Å²) in [6.45, 7) is 6.00. The fourth-order valence-corrected chi connectivity index (χ4v) is 5.04. The van der Waals surface area contributed by atoms with Gasteiger partial charge in [-0.2, -0.15) is 0 Å². The molecular formula is C15H30IN3O2S. The molecule has 2 rings (SSSR count). The maximum Gasteiger partial charge on any atom is 0.191 e. The van der Waals surface area contributed by atoms with Gasteiger partial charge < -0.3 is 10.6 Å². The third kappa shape index (κ3) is 6.60. The SMILES string of the molecule is CCNC(=NCC1CCCC(C)C1)NC1CCS(=O)(=O)C1.I. The maximum atomic E-state index is 11.5. The number of hydrogen-bond donors (Lipinski definition) is 2. The molecule has 3 unspecified atom stereocenters. The molecule has 22 heavy (non-hydrogen) atoms. The summed E-state index contributed by atoms with van der Waals surface area (Å²) in [4.78, 5) is 4.68. The van der Waals surface area contributed by atoms with Crippen molar-refractivity contribution in [2.75, 3.05) is 24.6 Å². The maximum absolute atomic E-state index is 11.5. The van der Waals surface area contributed by atoms with Crippen molar-refractivity contribution in [1.29, 1.82) is 0 Å². The van der Waals surface area contributed by atoms with Gasteiger partial charge in [0.05, 0.1) is 11.5 Å². The summed E-state index contributed by atoms with van der Waals surface area (Å²) in [5, 5.41) is 6.51. The van der Waals surface area contributed by atoms with Crippen LogP contribution in [-0.4, -0.2) is 45.0 Å². The van der Waals surface area contributed by atoms with Crippen LogP contribution in [0.2, 0.25) is 0 Å². The second-order valence-electron chi connectivity index (χ2n) is 6.60. The summed E-state index contributed by atoms with van der Waals surface area (Å²) in [6, 6.07) is 0.0121. The minimum absolute atomic E-state index is 0. The van der Waals surface area contributed by atoms with Gasteiger partial charge in [0.1, 0.15) is 0 Å². The lowest BCUT2D eigenvalue weighted by Crippen LogP contribution is -2.44. The van der Waals surface area contributed by atoms with Crippen LogP contribution in [0.15, 0.2) is 4.99 Å². The Balaban J connectivity index is 0.00000242. The minimum Gasteiger partial charge on any atom is -0.357 e. The average molecular weight is 443 g/mol. The molecule has 2 aliphatic rings. The van der Waals surface area contributed by atoms with E-state index in [1.807, 2.05) is 6.92 Å².